The molecule has 1 N–H and O–H groups in total. The molecule has 0 radical (unpaired) electrons. The molecule has 3 saturated heterocycles. The number of rotatable bonds is 2. The molecule has 0 saturated carbocycles. The quantitative estimate of drug-likeness (QED) is 0.737. The van der Waals surface area contributed by atoms with Crippen molar-refractivity contribution in [1.82, 2.24) is 10.2 Å². The van der Waals surface area contributed by atoms with Crippen LogP contribution in [-0.2, 0) is 9.53 Å². The zero-order valence-corrected chi connectivity index (χ0v) is 9.65. The molecule has 0 aliphatic carbocycles. The summed E-state index contributed by atoms with van der Waals surface area (Å²) in [5.41, 5.74) is 0. The first-order chi connectivity index (χ1) is 7.83. The maximum atomic E-state index is 12.1. The molecule has 90 valence electrons. The fraction of sp³-hybridized carbons (Fsp3) is 0.917. The Morgan fingerprint density at radius 3 is 3.06 bits per heavy atom. The Hall–Kier alpha value is -0.610. The van der Waals surface area contributed by atoms with Crippen LogP contribution in [0.1, 0.15) is 25.7 Å². The van der Waals surface area contributed by atoms with E-state index in [1.807, 2.05) is 4.90 Å². The molecule has 4 heteroatoms. The number of nitrogens with zero attached hydrogens (tertiary/aromatic N) is 1. The van der Waals surface area contributed by atoms with Crippen LogP contribution >= 0.6 is 0 Å². The van der Waals surface area contributed by atoms with Crippen molar-refractivity contribution in [3.8, 4) is 0 Å². The molecule has 0 aromatic carbocycles. The predicted octanol–water partition coefficient (Wildman–Crippen LogP) is 0.376. The number of carbonyl (C=O) groups excluding carboxylic acids is 1. The minimum atomic E-state index is 0.195. The van der Waals surface area contributed by atoms with Crippen molar-refractivity contribution in [3.63, 3.8) is 0 Å². The van der Waals surface area contributed by atoms with Crippen LogP contribution in [0.15, 0.2) is 0 Å². The van der Waals surface area contributed by atoms with Gasteiger partial charge in [0.2, 0.25) is 5.91 Å². The summed E-state index contributed by atoms with van der Waals surface area (Å²) >= 11 is 0. The summed E-state index contributed by atoms with van der Waals surface area (Å²) in [5.74, 6) is 0.997. The Labute approximate surface area is 96.3 Å². The zero-order chi connectivity index (χ0) is 11.0. The van der Waals surface area contributed by atoms with E-state index in [0.29, 0.717) is 24.3 Å². The number of carbonyl (C=O) groups is 1. The number of amides is 1. The minimum Gasteiger partial charge on any atom is -0.378 e. The molecule has 3 aliphatic rings. The maximum absolute atomic E-state index is 12.1. The fourth-order valence-electron chi connectivity index (χ4n) is 3.18. The summed E-state index contributed by atoms with van der Waals surface area (Å²) in [4.78, 5) is 14.1. The molecule has 0 bridgehead atoms. The molecular weight excluding hydrogens is 204 g/mol. The number of likely N-dealkylation sites (tertiary alicyclic amines) is 1. The third kappa shape index (κ3) is 1.96. The lowest BCUT2D eigenvalue weighted by Crippen LogP contribution is -2.35. The molecule has 3 heterocycles. The lowest BCUT2D eigenvalue weighted by atomic mass is 10.1. The smallest absolute Gasteiger partial charge is 0.225 e. The number of ether oxygens (including phenoxy) is 1. The van der Waals surface area contributed by atoms with Crippen LogP contribution in [0.5, 0.6) is 0 Å². The first kappa shape index (κ1) is 10.5. The average molecular weight is 224 g/mol. The van der Waals surface area contributed by atoms with Gasteiger partial charge in [0, 0.05) is 25.7 Å². The van der Waals surface area contributed by atoms with Crippen LogP contribution in [-0.4, -0.2) is 49.2 Å². The third-order valence-corrected chi connectivity index (χ3v) is 4.14. The van der Waals surface area contributed by atoms with Crippen molar-refractivity contribution < 1.29 is 9.53 Å². The van der Waals surface area contributed by atoms with Crippen molar-refractivity contribution in [3.05, 3.63) is 0 Å². The van der Waals surface area contributed by atoms with Gasteiger partial charge in [-0.15, -0.1) is 0 Å². The molecule has 3 atom stereocenters. The van der Waals surface area contributed by atoms with Crippen LogP contribution in [0.25, 0.3) is 0 Å². The Morgan fingerprint density at radius 1 is 1.38 bits per heavy atom. The van der Waals surface area contributed by atoms with Gasteiger partial charge >= 0.3 is 0 Å². The molecule has 1 amide bonds. The van der Waals surface area contributed by atoms with Gasteiger partial charge in [0.1, 0.15) is 0 Å². The van der Waals surface area contributed by atoms with E-state index in [9.17, 15) is 4.79 Å². The van der Waals surface area contributed by atoms with E-state index in [0.717, 1.165) is 39.1 Å². The van der Waals surface area contributed by atoms with E-state index in [2.05, 4.69) is 5.32 Å². The van der Waals surface area contributed by atoms with Crippen molar-refractivity contribution in [2.75, 3.05) is 26.2 Å². The van der Waals surface area contributed by atoms with Gasteiger partial charge in [0.05, 0.1) is 12.5 Å². The normalized spacial score (nSPS) is 38.0. The SMILES string of the molecule is O=C(CC1CCCO1)N1C[C@@H]2CCN[C@@H]2C1. The summed E-state index contributed by atoms with van der Waals surface area (Å²) in [7, 11) is 0. The maximum Gasteiger partial charge on any atom is 0.225 e. The van der Waals surface area contributed by atoms with Crippen LogP contribution < -0.4 is 5.32 Å². The summed E-state index contributed by atoms with van der Waals surface area (Å²) in [6.45, 7) is 3.84. The predicted molar refractivity (Wildman–Crippen MR) is 60.1 cm³/mol. The van der Waals surface area contributed by atoms with Gasteiger partial charge in [-0.05, 0) is 31.7 Å². The molecule has 3 aliphatic heterocycles. The molecule has 0 spiro atoms. The third-order valence-electron chi connectivity index (χ3n) is 4.14. The Kier molecular flexibility index (Phi) is 2.86. The number of fused-ring (bicyclic) bond motifs is 1. The average Bonchev–Trinajstić information content (AvgIpc) is 2.91. The highest BCUT2D eigenvalue weighted by molar-refractivity contribution is 5.77. The summed E-state index contributed by atoms with van der Waals surface area (Å²) in [5, 5.41) is 3.47. The van der Waals surface area contributed by atoms with Crippen LogP contribution in [0.2, 0.25) is 0 Å². The van der Waals surface area contributed by atoms with Gasteiger partial charge in [-0.3, -0.25) is 4.79 Å². The fourth-order valence-corrected chi connectivity index (χ4v) is 3.18. The van der Waals surface area contributed by atoms with Gasteiger partial charge in [0.25, 0.3) is 0 Å². The lowest BCUT2D eigenvalue weighted by Gasteiger charge is -2.19. The minimum absolute atomic E-state index is 0.195. The van der Waals surface area contributed by atoms with Crippen molar-refractivity contribution in [2.24, 2.45) is 5.92 Å². The van der Waals surface area contributed by atoms with E-state index in [4.69, 9.17) is 4.74 Å². The van der Waals surface area contributed by atoms with Gasteiger partial charge in [-0.25, -0.2) is 0 Å². The highest BCUT2D eigenvalue weighted by atomic mass is 16.5. The van der Waals surface area contributed by atoms with Gasteiger partial charge < -0.3 is 15.0 Å². The second-order valence-electron chi connectivity index (χ2n) is 5.25. The Balaban J connectivity index is 1.51. The summed E-state index contributed by atoms with van der Waals surface area (Å²) in [6, 6.07) is 0.563. The summed E-state index contributed by atoms with van der Waals surface area (Å²) < 4.78 is 5.51. The molecule has 16 heavy (non-hydrogen) atoms. The highest BCUT2D eigenvalue weighted by Gasteiger charge is 2.38. The number of nitrogens with one attached hydrogen (secondary N) is 1. The molecule has 0 aromatic rings. The van der Waals surface area contributed by atoms with Gasteiger partial charge in [-0.1, -0.05) is 0 Å². The first-order valence-electron chi connectivity index (χ1n) is 6.45. The van der Waals surface area contributed by atoms with Crippen LogP contribution in [0.3, 0.4) is 0 Å². The molecule has 0 aromatic heterocycles. The van der Waals surface area contributed by atoms with E-state index in [-0.39, 0.29) is 6.10 Å². The van der Waals surface area contributed by atoms with Gasteiger partial charge in [-0.2, -0.15) is 0 Å². The highest BCUT2D eigenvalue weighted by Crippen LogP contribution is 2.26. The van der Waals surface area contributed by atoms with E-state index >= 15 is 0 Å². The Morgan fingerprint density at radius 2 is 2.31 bits per heavy atom. The summed E-state index contributed by atoms with van der Waals surface area (Å²) in [6.07, 6.45) is 4.20. The zero-order valence-electron chi connectivity index (χ0n) is 9.65. The molecule has 4 nitrogen and oxygen atoms in total. The van der Waals surface area contributed by atoms with Crippen molar-refractivity contribution in [1.29, 1.82) is 0 Å². The second kappa shape index (κ2) is 4.34. The van der Waals surface area contributed by atoms with Crippen molar-refractivity contribution in [2.45, 2.75) is 37.8 Å². The van der Waals surface area contributed by atoms with Gasteiger partial charge in [0.15, 0.2) is 0 Å². The number of hydrogen-bond donors (Lipinski definition) is 1. The number of hydrogen-bond acceptors (Lipinski definition) is 3. The molecule has 1 unspecified atom stereocenters. The molecule has 3 fully saturated rings. The largest absolute Gasteiger partial charge is 0.378 e. The molecule has 3 rings (SSSR count). The van der Waals surface area contributed by atoms with E-state index < -0.39 is 0 Å². The topological polar surface area (TPSA) is 41.6 Å². The Bertz CT molecular complexity index is 264. The second-order valence-corrected chi connectivity index (χ2v) is 5.25. The van der Waals surface area contributed by atoms with Crippen LogP contribution in [0.4, 0.5) is 0 Å². The lowest BCUT2D eigenvalue weighted by molar-refractivity contribution is -0.132. The first-order valence-corrected chi connectivity index (χ1v) is 6.45. The van der Waals surface area contributed by atoms with Crippen molar-refractivity contribution >= 4 is 5.91 Å². The van der Waals surface area contributed by atoms with E-state index in [1.54, 1.807) is 0 Å². The van der Waals surface area contributed by atoms with Crippen LogP contribution in [0, 0.1) is 5.92 Å². The van der Waals surface area contributed by atoms with E-state index in [1.165, 1.54) is 6.42 Å². The standard InChI is InChI=1S/C12H20N2O2/c15-12(6-10-2-1-5-16-10)14-7-9-3-4-13-11(9)8-14/h9-11,13H,1-8H2/t9-,10?,11+/m0/s1. The monoisotopic (exact) mass is 224 g/mol. The molecular formula is C12H20N2O2.